The van der Waals surface area contributed by atoms with Crippen molar-refractivity contribution in [1.82, 2.24) is 14.9 Å². The first kappa shape index (κ1) is 19.2. The molecule has 1 aliphatic heterocycles. The SMILES string of the molecule is CCNC(=NCc1ccccc1S(=O)(=O)N1CCCCC1)NCC1CC1. The molecule has 1 heterocycles. The molecule has 0 atom stereocenters. The molecule has 1 saturated heterocycles. The molecule has 0 amide bonds. The van der Waals surface area contributed by atoms with Gasteiger partial charge in [0.25, 0.3) is 0 Å². The second kappa shape index (κ2) is 8.86. The lowest BCUT2D eigenvalue weighted by molar-refractivity contribution is 0.346. The highest BCUT2D eigenvalue weighted by molar-refractivity contribution is 7.89. The number of rotatable bonds is 7. The van der Waals surface area contributed by atoms with E-state index >= 15 is 0 Å². The topological polar surface area (TPSA) is 73.8 Å². The molecular formula is C19H30N4O2S. The Labute approximate surface area is 157 Å². The molecule has 1 aromatic rings. The molecule has 0 spiro atoms. The molecule has 7 heteroatoms. The quantitative estimate of drug-likeness (QED) is 0.564. The zero-order chi connectivity index (χ0) is 18.4. The van der Waals surface area contributed by atoms with E-state index in [1.807, 2.05) is 19.1 Å². The Bertz CT molecular complexity index is 723. The number of nitrogens with one attached hydrogen (secondary N) is 2. The monoisotopic (exact) mass is 378 g/mol. The van der Waals surface area contributed by atoms with Crippen LogP contribution in [0.15, 0.2) is 34.2 Å². The van der Waals surface area contributed by atoms with E-state index in [2.05, 4.69) is 15.6 Å². The Morgan fingerprint density at radius 1 is 1.15 bits per heavy atom. The molecule has 0 bridgehead atoms. The Morgan fingerprint density at radius 2 is 1.88 bits per heavy atom. The molecule has 0 aromatic heterocycles. The summed E-state index contributed by atoms with van der Waals surface area (Å²) in [7, 11) is -3.45. The minimum atomic E-state index is -3.45. The Hall–Kier alpha value is -1.60. The zero-order valence-corrected chi connectivity index (χ0v) is 16.4. The van der Waals surface area contributed by atoms with Crippen molar-refractivity contribution in [1.29, 1.82) is 0 Å². The van der Waals surface area contributed by atoms with Crippen LogP contribution in [0.25, 0.3) is 0 Å². The molecule has 2 fully saturated rings. The van der Waals surface area contributed by atoms with Gasteiger partial charge < -0.3 is 10.6 Å². The number of piperidine rings is 1. The van der Waals surface area contributed by atoms with E-state index in [0.29, 0.717) is 24.5 Å². The van der Waals surface area contributed by atoms with E-state index in [4.69, 9.17) is 0 Å². The van der Waals surface area contributed by atoms with Crippen LogP contribution in [-0.4, -0.2) is 44.9 Å². The van der Waals surface area contributed by atoms with Crippen molar-refractivity contribution >= 4 is 16.0 Å². The van der Waals surface area contributed by atoms with Gasteiger partial charge in [0.05, 0.1) is 11.4 Å². The highest BCUT2D eigenvalue weighted by Crippen LogP contribution is 2.27. The average Bonchev–Trinajstić information content (AvgIpc) is 3.49. The van der Waals surface area contributed by atoms with Crippen LogP contribution in [0.2, 0.25) is 0 Å². The standard InChI is InChI=1S/C19H30N4O2S/c1-2-20-19(21-14-16-10-11-16)22-15-17-8-4-5-9-18(17)26(24,25)23-12-6-3-7-13-23/h4-5,8-9,16H,2-3,6-7,10-15H2,1H3,(H2,20,21,22). The van der Waals surface area contributed by atoms with E-state index < -0.39 is 10.0 Å². The maximum atomic E-state index is 13.0. The van der Waals surface area contributed by atoms with Crippen molar-refractivity contribution in [2.24, 2.45) is 10.9 Å². The number of hydrogen-bond donors (Lipinski definition) is 2. The van der Waals surface area contributed by atoms with E-state index in [9.17, 15) is 8.42 Å². The molecule has 2 N–H and O–H groups in total. The third-order valence-corrected chi connectivity index (χ3v) is 6.91. The van der Waals surface area contributed by atoms with Crippen LogP contribution in [0.5, 0.6) is 0 Å². The summed E-state index contributed by atoms with van der Waals surface area (Å²) in [4.78, 5) is 5.01. The summed E-state index contributed by atoms with van der Waals surface area (Å²) in [5.74, 6) is 1.51. The summed E-state index contributed by atoms with van der Waals surface area (Å²) < 4.78 is 27.7. The maximum Gasteiger partial charge on any atom is 0.243 e. The summed E-state index contributed by atoms with van der Waals surface area (Å²) in [5.41, 5.74) is 0.752. The van der Waals surface area contributed by atoms with Gasteiger partial charge >= 0.3 is 0 Å². The van der Waals surface area contributed by atoms with Gasteiger partial charge in [-0.25, -0.2) is 13.4 Å². The van der Waals surface area contributed by atoms with Gasteiger partial charge in [0.2, 0.25) is 10.0 Å². The normalized spacial score (nSPS) is 19.3. The van der Waals surface area contributed by atoms with Crippen molar-refractivity contribution in [3.8, 4) is 0 Å². The number of aliphatic imine (C=N–C) groups is 1. The van der Waals surface area contributed by atoms with E-state index in [0.717, 1.165) is 49.8 Å². The van der Waals surface area contributed by atoms with Gasteiger partial charge in [-0.2, -0.15) is 4.31 Å². The lowest BCUT2D eigenvalue weighted by Crippen LogP contribution is -2.38. The summed E-state index contributed by atoms with van der Waals surface area (Å²) in [6.45, 7) is 5.33. The first-order valence-corrected chi connectivity index (χ1v) is 11.2. The Morgan fingerprint density at radius 3 is 2.58 bits per heavy atom. The number of guanidine groups is 1. The van der Waals surface area contributed by atoms with Crippen molar-refractivity contribution < 1.29 is 8.42 Å². The van der Waals surface area contributed by atoms with Crippen LogP contribution >= 0.6 is 0 Å². The molecule has 1 saturated carbocycles. The van der Waals surface area contributed by atoms with Crippen LogP contribution in [0.1, 0.15) is 44.6 Å². The lowest BCUT2D eigenvalue weighted by atomic mass is 10.2. The average molecular weight is 379 g/mol. The van der Waals surface area contributed by atoms with Crippen LogP contribution in [0, 0.1) is 5.92 Å². The highest BCUT2D eigenvalue weighted by Gasteiger charge is 2.27. The Kier molecular flexibility index (Phi) is 6.53. The van der Waals surface area contributed by atoms with Crippen molar-refractivity contribution in [2.75, 3.05) is 26.2 Å². The lowest BCUT2D eigenvalue weighted by Gasteiger charge is -2.26. The molecule has 1 aliphatic carbocycles. The van der Waals surface area contributed by atoms with Gasteiger partial charge in [0.1, 0.15) is 0 Å². The van der Waals surface area contributed by atoms with Crippen LogP contribution in [0.4, 0.5) is 0 Å². The molecule has 1 aromatic carbocycles. The first-order valence-electron chi connectivity index (χ1n) is 9.71. The highest BCUT2D eigenvalue weighted by atomic mass is 32.2. The molecule has 144 valence electrons. The molecule has 0 radical (unpaired) electrons. The molecule has 0 unspecified atom stereocenters. The van der Waals surface area contributed by atoms with Gasteiger partial charge in [0, 0.05) is 26.2 Å². The predicted molar refractivity (Wildman–Crippen MR) is 105 cm³/mol. The van der Waals surface area contributed by atoms with Crippen molar-refractivity contribution in [2.45, 2.75) is 50.5 Å². The maximum absolute atomic E-state index is 13.0. The summed E-state index contributed by atoms with van der Waals surface area (Å²) in [6, 6.07) is 7.25. The molecule has 3 rings (SSSR count). The molecule has 6 nitrogen and oxygen atoms in total. The zero-order valence-electron chi connectivity index (χ0n) is 15.6. The fourth-order valence-electron chi connectivity index (χ4n) is 3.20. The molecular weight excluding hydrogens is 348 g/mol. The third kappa shape index (κ3) is 4.98. The minimum absolute atomic E-state index is 0.350. The predicted octanol–water partition coefficient (Wildman–Crippen LogP) is 2.33. The second-order valence-corrected chi connectivity index (χ2v) is 9.00. The minimum Gasteiger partial charge on any atom is -0.357 e. The summed E-state index contributed by atoms with van der Waals surface area (Å²) in [6.07, 6.45) is 5.55. The molecule has 2 aliphatic rings. The van der Waals surface area contributed by atoms with Crippen LogP contribution < -0.4 is 10.6 Å². The summed E-state index contributed by atoms with van der Waals surface area (Å²) in [5, 5.41) is 6.59. The Balaban J connectivity index is 1.75. The third-order valence-electron chi connectivity index (χ3n) is 4.91. The number of sulfonamides is 1. The number of benzene rings is 1. The van der Waals surface area contributed by atoms with Gasteiger partial charge in [-0.3, -0.25) is 0 Å². The van der Waals surface area contributed by atoms with Crippen LogP contribution in [-0.2, 0) is 16.6 Å². The van der Waals surface area contributed by atoms with E-state index in [1.54, 1.807) is 16.4 Å². The second-order valence-electron chi connectivity index (χ2n) is 7.09. The van der Waals surface area contributed by atoms with Crippen LogP contribution in [0.3, 0.4) is 0 Å². The van der Waals surface area contributed by atoms with Crippen molar-refractivity contribution in [3.63, 3.8) is 0 Å². The summed E-state index contributed by atoms with van der Waals surface area (Å²) >= 11 is 0. The van der Waals surface area contributed by atoms with Gasteiger partial charge in [-0.05, 0) is 50.2 Å². The van der Waals surface area contributed by atoms with E-state index in [1.165, 1.54) is 12.8 Å². The van der Waals surface area contributed by atoms with Crippen molar-refractivity contribution in [3.05, 3.63) is 29.8 Å². The van der Waals surface area contributed by atoms with E-state index in [-0.39, 0.29) is 0 Å². The number of hydrogen-bond acceptors (Lipinski definition) is 3. The number of nitrogens with zero attached hydrogens (tertiary/aromatic N) is 2. The first-order chi connectivity index (χ1) is 12.6. The van der Waals surface area contributed by atoms with Gasteiger partial charge in [0.15, 0.2) is 5.96 Å². The fourth-order valence-corrected chi connectivity index (χ4v) is 4.93. The largest absolute Gasteiger partial charge is 0.357 e. The van der Waals surface area contributed by atoms with Gasteiger partial charge in [-0.1, -0.05) is 24.6 Å². The molecule has 26 heavy (non-hydrogen) atoms. The fraction of sp³-hybridized carbons (Fsp3) is 0.632. The van der Waals surface area contributed by atoms with Gasteiger partial charge in [-0.15, -0.1) is 0 Å². The smallest absolute Gasteiger partial charge is 0.243 e.